The average molecular weight is 284 g/mol. The van der Waals surface area contributed by atoms with Gasteiger partial charge < -0.3 is 5.32 Å². The van der Waals surface area contributed by atoms with Crippen LogP contribution in [0.2, 0.25) is 5.02 Å². The Hall–Kier alpha value is -0.670. The molecule has 0 radical (unpaired) electrons. The summed E-state index contributed by atoms with van der Waals surface area (Å²) in [5, 5.41) is 3.45. The molecule has 0 aliphatic heterocycles. The molecular formula is C14H18ClNOS. The number of amides is 1. The van der Waals surface area contributed by atoms with Crippen LogP contribution in [0.25, 0.3) is 0 Å². The summed E-state index contributed by atoms with van der Waals surface area (Å²) in [6.45, 7) is 3.01. The van der Waals surface area contributed by atoms with E-state index >= 15 is 0 Å². The summed E-state index contributed by atoms with van der Waals surface area (Å²) in [4.78, 5) is 12.8. The van der Waals surface area contributed by atoms with Crippen molar-refractivity contribution in [3.8, 4) is 0 Å². The van der Waals surface area contributed by atoms with E-state index in [1.54, 1.807) is 18.2 Å². The Kier molecular flexibility index (Phi) is 4.57. The summed E-state index contributed by atoms with van der Waals surface area (Å²) in [6, 6.07) is 5.19. The van der Waals surface area contributed by atoms with Crippen molar-refractivity contribution in [3.05, 3.63) is 28.8 Å². The van der Waals surface area contributed by atoms with Gasteiger partial charge in [0.1, 0.15) is 0 Å². The Labute approximate surface area is 119 Å². The summed E-state index contributed by atoms with van der Waals surface area (Å²) >= 11 is 10.2. The molecule has 2 nitrogen and oxygen atoms in total. The molecule has 0 spiro atoms. The number of rotatable bonds is 3. The van der Waals surface area contributed by atoms with E-state index < -0.39 is 0 Å². The van der Waals surface area contributed by atoms with E-state index in [-0.39, 0.29) is 5.91 Å². The van der Waals surface area contributed by atoms with Gasteiger partial charge in [-0.25, -0.2) is 0 Å². The third kappa shape index (κ3) is 3.42. The molecule has 1 aliphatic carbocycles. The molecule has 18 heavy (non-hydrogen) atoms. The molecule has 4 heteroatoms. The zero-order valence-electron chi connectivity index (χ0n) is 10.4. The molecule has 0 saturated heterocycles. The zero-order valence-corrected chi connectivity index (χ0v) is 12.1. The van der Waals surface area contributed by atoms with E-state index in [0.717, 1.165) is 17.4 Å². The van der Waals surface area contributed by atoms with Crippen molar-refractivity contribution in [2.24, 2.45) is 11.8 Å². The smallest absolute Gasteiger partial charge is 0.252 e. The second-order valence-electron chi connectivity index (χ2n) is 5.16. The molecule has 1 aliphatic rings. The fourth-order valence-corrected chi connectivity index (χ4v) is 2.94. The summed E-state index contributed by atoms with van der Waals surface area (Å²) in [5.74, 6) is 1.30. The Morgan fingerprint density at radius 2 is 2.28 bits per heavy atom. The van der Waals surface area contributed by atoms with Crippen LogP contribution in [-0.2, 0) is 0 Å². The quantitative estimate of drug-likeness (QED) is 0.812. The van der Waals surface area contributed by atoms with Crippen LogP contribution in [0.5, 0.6) is 0 Å². The molecule has 2 unspecified atom stereocenters. The van der Waals surface area contributed by atoms with Crippen molar-refractivity contribution >= 4 is 30.1 Å². The fraction of sp³-hybridized carbons (Fsp3) is 0.500. The lowest BCUT2D eigenvalue weighted by atomic mass is 10.1. The second-order valence-corrected chi connectivity index (χ2v) is 6.08. The Morgan fingerprint density at radius 1 is 1.50 bits per heavy atom. The van der Waals surface area contributed by atoms with Gasteiger partial charge in [0.2, 0.25) is 0 Å². The number of halogens is 1. The highest BCUT2D eigenvalue weighted by atomic mass is 35.5. The van der Waals surface area contributed by atoms with Gasteiger partial charge in [-0.2, -0.15) is 0 Å². The Morgan fingerprint density at radius 3 is 2.94 bits per heavy atom. The molecule has 98 valence electrons. The number of nitrogens with one attached hydrogen (secondary N) is 1. The van der Waals surface area contributed by atoms with Crippen molar-refractivity contribution in [3.63, 3.8) is 0 Å². The highest BCUT2D eigenvalue weighted by molar-refractivity contribution is 7.80. The van der Waals surface area contributed by atoms with Crippen LogP contribution in [0.15, 0.2) is 23.1 Å². The lowest BCUT2D eigenvalue weighted by molar-refractivity contribution is 0.0947. The van der Waals surface area contributed by atoms with E-state index in [4.69, 9.17) is 11.6 Å². The molecule has 1 aromatic rings. The van der Waals surface area contributed by atoms with Crippen LogP contribution in [-0.4, -0.2) is 12.5 Å². The number of hydrogen-bond donors (Lipinski definition) is 2. The van der Waals surface area contributed by atoms with Gasteiger partial charge in [0.05, 0.1) is 10.6 Å². The number of carbonyl (C=O) groups is 1. The molecule has 1 amide bonds. The van der Waals surface area contributed by atoms with Crippen molar-refractivity contribution in [2.45, 2.75) is 31.1 Å². The lowest BCUT2D eigenvalue weighted by Crippen LogP contribution is -2.28. The topological polar surface area (TPSA) is 29.1 Å². The first-order valence-corrected chi connectivity index (χ1v) is 7.15. The van der Waals surface area contributed by atoms with Gasteiger partial charge in [-0.15, -0.1) is 12.6 Å². The highest BCUT2D eigenvalue weighted by Gasteiger charge is 2.22. The van der Waals surface area contributed by atoms with E-state index in [1.807, 2.05) is 0 Å². The molecule has 2 rings (SSSR count). The largest absolute Gasteiger partial charge is 0.352 e. The summed E-state index contributed by atoms with van der Waals surface area (Å²) in [7, 11) is 0. The van der Waals surface area contributed by atoms with Crippen LogP contribution in [0, 0.1) is 11.8 Å². The Balaban J connectivity index is 1.93. The van der Waals surface area contributed by atoms with E-state index in [1.165, 1.54) is 19.3 Å². The molecular weight excluding hydrogens is 266 g/mol. The SMILES string of the molecule is CC1CCC(CNC(=O)c2cc(S)ccc2Cl)C1. The van der Waals surface area contributed by atoms with Crippen LogP contribution >= 0.6 is 24.2 Å². The first-order chi connectivity index (χ1) is 8.56. The molecule has 0 aromatic heterocycles. The normalized spacial score (nSPS) is 23.1. The first-order valence-electron chi connectivity index (χ1n) is 6.33. The van der Waals surface area contributed by atoms with Crippen molar-refractivity contribution in [2.75, 3.05) is 6.54 Å². The van der Waals surface area contributed by atoms with E-state index in [0.29, 0.717) is 16.5 Å². The maximum Gasteiger partial charge on any atom is 0.252 e. The highest BCUT2D eigenvalue weighted by Crippen LogP contribution is 2.29. The van der Waals surface area contributed by atoms with Gasteiger partial charge >= 0.3 is 0 Å². The van der Waals surface area contributed by atoms with Crippen molar-refractivity contribution < 1.29 is 4.79 Å². The molecule has 1 N–H and O–H groups in total. The summed E-state index contributed by atoms with van der Waals surface area (Å²) in [5.41, 5.74) is 0.509. The number of benzene rings is 1. The number of thiol groups is 1. The maximum atomic E-state index is 12.0. The van der Waals surface area contributed by atoms with E-state index in [2.05, 4.69) is 24.9 Å². The second kappa shape index (κ2) is 5.98. The van der Waals surface area contributed by atoms with Crippen LogP contribution in [0.4, 0.5) is 0 Å². The standard InChI is InChI=1S/C14H18ClNOS/c1-9-2-3-10(6-9)8-16-14(17)12-7-11(18)4-5-13(12)15/h4-5,7,9-10,18H,2-3,6,8H2,1H3,(H,16,17). The Bertz CT molecular complexity index is 449. The fourth-order valence-electron chi connectivity index (χ4n) is 2.53. The summed E-state index contributed by atoms with van der Waals surface area (Å²) < 4.78 is 0. The number of carbonyl (C=O) groups excluding carboxylic acids is 1. The molecule has 0 bridgehead atoms. The van der Waals surface area contributed by atoms with Gasteiger partial charge in [0.15, 0.2) is 0 Å². The van der Waals surface area contributed by atoms with Crippen LogP contribution in [0.1, 0.15) is 36.5 Å². The van der Waals surface area contributed by atoms with Crippen LogP contribution < -0.4 is 5.32 Å². The van der Waals surface area contributed by atoms with Gasteiger partial charge in [0, 0.05) is 11.4 Å². The summed E-state index contributed by atoms with van der Waals surface area (Å²) in [6.07, 6.45) is 3.69. The average Bonchev–Trinajstić information content (AvgIpc) is 2.75. The predicted molar refractivity (Wildman–Crippen MR) is 77.5 cm³/mol. The molecule has 1 aromatic carbocycles. The van der Waals surface area contributed by atoms with E-state index in [9.17, 15) is 4.79 Å². The van der Waals surface area contributed by atoms with Gasteiger partial charge in [-0.05, 0) is 42.9 Å². The number of hydrogen-bond acceptors (Lipinski definition) is 2. The molecule has 1 saturated carbocycles. The minimum absolute atomic E-state index is 0.101. The van der Waals surface area contributed by atoms with Crippen molar-refractivity contribution in [1.29, 1.82) is 0 Å². The van der Waals surface area contributed by atoms with Crippen molar-refractivity contribution in [1.82, 2.24) is 5.32 Å². The van der Waals surface area contributed by atoms with Crippen LogP contribution in [0.3, 0.4) is 0 Å². The van der Waals surface area contributed by atoms with Gasteiger partial charge in [-0.3, -0.25) is 4.79 Å². The minimum atomic E-state index is -0.101. The third-order valence-electron chi connectivity index (χ3n) is 3.55. The molecule has 1 fully saturated rings. The predicted octanol–water partition coefficient (Wildman–Crippen LogP) is 3.79. The third-order valence-corrected chi connectivity index (χ3v) is 4.16. The van der Waals surface area contributed by atoms with Gasteiger partial charge in [-0.1, -0.05) is 24.9 Å². The maximum absolute atomic E-state index is 12.0. The first kappa shape index (κ1) is 13.8. The monoisotopic (exact) mass is 283 g/mol. The molecule has 0 heterocycles. The minimum Gasteiger partial charge on any atom is -0.352 e. The molecule has 2 atom stereocenters. The zero-order chi connectivity index (χ0) is 13.1. The lowest BCUT2D eigenvalue weighted by Gasteiger charge is -2.12. The van der Waals surface area contributed by atoms with Gasteiger partial charge in [0.25, 0.3) is 5.91 Å².